The van der Waals surface area contributed by atoms with E-state index in [4.69, 9.17) is 5.21 Å². The first-order valence-electron chi connectivity index (χ1n) is 4.46. The van der Waals surface area contributed by atoms with Gasteiger partial charge in [0.2, 0.25) is 12.4 Å². The van der Waals surface area contributed by atoms with Crippen LogP contribution in [0.15, 0.2) is 24.5 Å². The second kappa shape index (κ2) is 7.28. The minimum Gasteiger partial charge on any atom is -0.303 e. The molecule has 0 unspecified atom stereocenters. The fourth-order valence-corrected chi connectivity index (χ4v) is 0.884. The quantitative estimate of drug-likeness (QED) is 0.436. The van der Waals surface area contributed by atoms with Gasteiger partial charge in [0, 0.05) is 22.8 Å². The van der Waals surface area contributed by atoms with Crippen molar-refractivity contribution in [3.05, 3.63) is 30.1 Å². The maximum absolute atomic E-state index is 9.99. The van der Waals surface area contributed by atoms with Gasteiger partial charge in [-0.2, -0.15) is 0 Å². The number of aryl methyl sites for hydroxylation is 1. The summed E-state index contributed by atoms with van der Waals surface area (Å²) in [6, 6.07) is 3.61. The fraction of sp³-hybridized carbons (Fsp3) is 0.400. The van der Waals surface area contributed by atoms with Gasteiger partial charge in [-0.3, -0.25) is 5.21 Å². The molecule has 0 aliphatic rings. The summed E-state index contributed by atoms with van der Waals surface area (Å²) >= 11 is 0. The summed E-state index contributed by atoms with van der Waals surface area (Å²) < 4.78 is 0.986. The Kier molecular flexibility index (Phi) is 6.51. The molecular weight excluding hydrogens is 166 g/mol. The van der Waals surface area contributed by atoms with E-state index < -0.39 is 0 Å². The number of carbonyl (C=O) groups excluding carboxylic acids is 1. The van der Waals surface area contributed by atoms with Crippen molar-refractivity contribution in [2.24, 2.45) is 0 Å². The second-order valence-electron chi connectivity index (χ2n) is 2.30. The zero-order valence-corrected chi connectivity index (χ0v) is 8.10. The topological polar surface area (TPSA) is 41.2 Å². The molecule has 0 radical (unpaired) electrons. The van der Waals surface area contributed by atoms with Crippen LogP contribution in [0, 0.1) is 0 Å². The Bertz CT molecular complexity index is 248. The molecule has 13 heavy (non-hydrogen) atoms. The van der Waals surface area contributed by atoms with Gasteiger partial charge in [-0.1, -0.05) is 13.8 Å². The molecule has 1 rings (SSSR count). The highest BCUT2D eigenvalue weighted by atomic mass is 16.5. The van der Waals surface area contributed by atoms with E-state index >= 15 is 0 Å². The van der Waals surface area contributed by atoms with Gasteiger partial charge in [-0.15, -0.1) is 0 Å². The van der Waals surface area contributed by atoms with E-state index in [1.807, 2.05) is 19.9 Å². The summed E-state index contributed by atoms with van der Waals surface area (Å²) in [5.74, 6) is 0. The number of hydrogen-bond donors (Lipinski definition) is 1. The third-order valence-electron chi connectivity index (χ3n) is 1.40. The number of pyridine rings is 1. The molecule has 1 aromatic rings. The summed E-state index contributed by atoms with van der Waals surface area (Å²) in [7, 11) is 0. The Balaban J connectivity index is 0.000000671. The molecule has 0 fully saturated rings. The molecule has 1 heterocycles. The monoisotopic (exact) mass is 182 g/mol. The highest BCUT2D eigenvalue weighted by Gasteiger charge is 1.98. The van der Waals surface area contributed by atoms with Crippen LogP contribution in [-0.2, 0) is 11.2 Å². The molecule has 1 aromatic heterocycles. The van der Waals surface area contributed by atoms with Crippen molar-refractivity contribution < 1.29 is 14.7 Å². The van der Waals surface area contributed by atoms with E-state index in [1.165, 1.54) is 6.20 Å². The average molecular weight is 182 g/mol. The van der Waals surface area contributed by atoms with Crippen LogP contribution in [-0.4, -0.2) is 11.5 Å². The number of aldehydes is 1. The lowest BCUT2D eigenvalue weighted by Gasteiger charge is -1.91. The standard InChI is InChI=1S/C8H10NO2.C2H6/c10-6-2-4-8-3-1-5-9(11)7-8;1-2/h1,3,5-7,11H,2,4H2;1-2H3/q+1;. The Morgan fingerprint density at radius 2 is 2.23 bits per heavy atom. The third kappa shape index (κ3) is 4.95. The number of carbonyl (C=O) groups is 1. The molecule has 0 atom stereocenters. The zero-order chi connectivity index (χ0) is 10.1. The van der Waals surface area contributed by atoms with Crippen LogP contribution in [0.5, 0.6) is 0 Å². The van der Waals surface area contributed by atoms with Gasteiger partial charge in [0.1, 0.15) is 6.29 Å². The number of hydrogen-bond acceptors (Lipinski definition) is 2. The van der Waals surface area contributed by atoms with Gasteiger partial charge < -0.3 is 4.79 Å². The van der Waals surface area contributed by atoms with Crippen molar-refractivity contribution >= 4 is 6.29 Å². The van der Waals surface area contributed by atoms with E-state index in [1.54, 1.807) is 12.3 Å². The predicted molar refractivity (Wildman–Crippen MR) is 49.6 cm³/mol. The van der Waals surface area contributed by atoms with Crippen LogP contribution >= 0.6 is 0 Å². The van der Waals surface area contributed by atoms with Gasteiger partial charge >= 0.3 is 0 Å². The molecule has 0 aliphatic heterocycles. The summed E-state index contributed by atoms with van der Waals surface area (Å²) in [5.41, 5.74) is 0.960. The molecule has 0 saturated carbocycles. The van der Waals surface area contributed by atoms with Crippen molar-refractivity contribution in [1.82, 2.24) is 0 Å². The van der Waals surface area contributed by atoms with Crippen LogP contribution in [0.25, 0.3) is 0 Å². The average Bonchev–Trinajstić information content (AvgIpc) is 2.18. The minimum atomic E-state index is 0.504. The maximum Gasteiger partial charge on any atom is 0.225 e. The molecule has 1 N–H and O–H groups in total. The lowest BCUT2D eigenvalue weighted by Crippen LogP contribution is -2.28. The van der Waals surface area contributed by atoms with Crippen LogP contribution in [0.2, 0.25) is 0 Å². The summed E-state index contributed by atoms with van der Waals surface area (Å²) in [5, 5.41) is 8.94. The first-order valence-corrected chi connectivity index (χ1v) is 4.46. The second-order valence-corrected chi connectivity index (χ2v) is 2.30. The van der Waals surface area contributed by atoms with Crippen molar-refractivity contribution in [1.29, 1.82) is 0 Å². The highest BCUT2D eigenvalue weighted by Crippen LogP contribution is 1.96. The molecule has 0 aliphatic carbocycles. The van der Waals surface area contributed by atoms with E-state index in [0.717, 1.165) is 16.6 Å². The van der Waals surface area contributed by atoms with Crippen molar-refractivity contribution in [3.8, 4) is 0 Å². The smallest absolute Gasteiger partial charge is 0.225 e. The van der Waals surface area contributed by atoms with Crippen LogP contribution in [0.4, 0.5) is 0 Å². The van der Waals surface area contributed by atoms with Gasteiger partial charge in [-0.05, 0) is 12.5 Å². The Labute approximate surface area is 78.6 Å². The highest BCUT2D eigenvalue weighted by molar-refractivity contribution is 5.49. The van der Waals surface area contributed by atoms with E-state index in [2.05, 4.69) is 0 Å². The molecule has 0 saturated heterocycles. The molecule has 0 aromatic carbocycles. The molecule has 0 amide bonds. The third-order valence-corrected chi connectivity index (χ3v) is 1.40. The van der Waals surface area contributed by atoms with Gasteiger partial charge in [0.15, 0.2) is 0 Å². The Morgan fingerprint density at radius 1 is 1.54 bits per heavy atom. The lowest BCUT2D eigenvalue weighted by atomic mass is 10.2. The molecule has 0 spiro atoms. The minimum absolute atomic E-state index is 0.504. The number of nitrogens with zero attached hydrogens (tertiary/aromatic N) is 1. The summed E-state index contributed by atoms with van der Waals surface area (Å²) in [4.78, 5) is 9.99. The molecule has 0 bridgehead atoms. The van der Waals surface area contributed by atoms with Gasteiger partial charge in [-0.25, -0.2) is 0 Å². The zero-order valence-electron chi connectivity index (χ0n) is 8.10. The van der Waals surface area contributed by atoms with Crippen LogP contribution in [0.3, 0.4) is 0 Å². The Hall–Kier alpha value is -1.38. The van der Waals surface area contributed by atoms with Crippen LogP contribution in [0.1, 0.15) is 25.8 Å². The normalized spacial score (nSPS) is 8.46. The van der Waals surface area contributed by atoms with E-state index in [-0.39, 0.29) is 0 Å². The lowest BCUT2D eigenvalue weighted by molar-refractivity contribution is -0.905. The molecule has 3 heteroatoms. The van der Waals surface area contributed by atoms with Gasteiger partial charge in [0.05, 0.1) is 0 Å². The van der Waals surface area contributed by atoms with Crippen molar-refractivity contribution in [2.75, 3.05) is 0 Å². The number of aromatic nitrogens is 1. The number of rotatable bonds is 3. The maximum atomic E-state index is 9.99. The first kappa shape index (κ1) is 11.6. The molecule has 3 nitrogen and oxygen atoms in total. The summed E-state index contributed by atoms with van der Waals surface area (Å²) in [6.45, 7) is 4.00. The fourth-order valence-electron chi connectivity index (χ4n) is 0.884. The SMILES string of the molecule is CC.O=CCCc1ccc[n+](O)c1. The van der Waals surface area contributed by atoms with Gasteiger partial charge in [0.25, 0.3) is 0 Å². The molecule has 72 valence electrons. The summed E-state index contributed by atoms with van der Waals surface area (Å²) in [6.07, 6.45) is 5.18. The largest absolute Gasteiger partial charge is 0.303 e. The first-order chi connectivity index (χ1) is 6.33. The predicted octanol–water partition coefficient (Wildman–Crippen LogP) is 1.37. The van der Waals surface area contributed by atoms with E-state index in [9.17, 15) is 4.79 Å². The van der Waals surface area contributed by atoms with Crippen molar-refractivity contribution in [3.63, 3.8) is 0 Å². The Morgan fingerprint density at radius 3 is 2.77 bits per heavy atom. The molecular formula is C10H16NO2+. The van der Waals surface area contributed by atoms with E-state index in [0.29, 0.717) is 12.8 Å². The van der Waals surface area contributed by atoms with Crippen molar-refractivity contribution in [2.45, 2.75) is 26.7 Å². The van der Waals surface area contributed by atoms with Crippen LogP contribution < -0.4 is 4.73 Å².